The number of carbonyl (C=O) groups excluding carboxylic acids is 1. The van der Waals surface area contributed by atoms with E-state index in [0.717, 1.165) is 5.69 Å². The lowest BCUT2D eigenvalue weighted by Crippen LogP contribution is -2.11. The van der Waals surface area contributed by atoms with Crippen molar-refractivity contribution < 1.29 is 4.79 Å². The van der Waals surface area contributed by atoms with Crippen molar-refractivity contribution in [2.45, 2.75) is 13.3 Å². The van der Waals surface area contributed by atoms with Crippen molar-refractivity contribution in [3.63, 3.8) is 0 Å². The average Bonchev–Trinajstić information content (AvgIpc) is 2.09. The van der Waals surface area contributed by atoms with E-state index in [2.05, 4.69) is 17.9 Å². The zero-order chi connectivity index (χ0) is 9.68. The summed E-state index contributed by atoms with van der Waals surface area (Å²) in [4.78, 5) is 11.1. The second kappa shape index (κ2) is 4.92. The van der Waals surface area contributed by atoms with E-state index in [1.165, 1.54) is 5.56 Å². The molecule has 13 heavy (non-hydrogen) atoms. The predicted molar refractivity (Wildman–Crippen MR) is 58.3 cm³/mol. The maximum absolute atomic E-state index is 11.1. The molecule has 0 fully saturated rings. The molecular formula is C10H13NOS. The first-order chi connectivity index (χ1) is 6.22. The number of thiol groups is 1. The van der Waals surface area contributed by atoms with Gasteiger partial charge in [-0.15, -0.1) is 0 Å². The summed E-state index contributed by atoms with van der Waals surface area (Å²) in [5.41, 5.74) is 2.03. The second-order valence-electron chi connectivity index (χ2n) is 2.89. The van der Waals surface area contributed by atoms with Crippen LogP contribution in [0.25, 0.3) is 0 Å². The summed E-state index contributed by atoms with van der Waals surface area (Å²) in [5, 5.41) is 2.78. The lowest BCUT2D eigenvalue weighted by Gasteiger charge is -2.03. The summed E-state index contributed by atoms with van der Waals surface area (Å²) < 4.78 is 0. The van der Waals surface area contributed by atoms with Crippen LogP contribution in [0.15, 0.2) is 24.3 Å². The molecule has 70 valence electrons. The van der Waals surface area contributed by atoms with Crippen LogP contribution < -0.4 is 5.32 Å². The maximum atomic E-state index is 11.1. The van der Waals surface area contributed by atoms with Crippen LogP contribution in [-0.4, -0.2) is 11.7 Å². The topological polar surface area (TPSA) is 29.1 Å². The molecule has 2 nitrogen and oxygen atoms in total. The van der Waals surface area contributed by atoms with E-state index in [1.807, 2.05) is 31.2 Å². The molecule has 0 aliphatic heterocycles. The minimum absolute atomic E-state index is 0.0128. The molecule has 1 rings (SSSR count). The Morgan fingerprint density at radius 3 is 2.54 bits per heavy atom. The molecule has 0 spiro atoms. The first kappa shape index (κ1) is 10.1. The van der Waals surface area contributed by atoms with Crippen LogP contribution in [0.5, 0.6) is 0 Å². The van der Waals surface area contributed by atoms with Crippen LogP contribution >= 0.6 is 12.6 Å². The van der Waals surface area contributed by atoms with E-state index in [1.54, 1.807) is 0 Å². The number of carbonyl (C=O) groups is 1. The number of hydrogen-bond acceptors (Lipinski definition) is 2. The quantitative estimate of drug-likeness (QED) is 0.712. The van der Waals surface area contributed by atoms with Gasteiger partial charge in [0.2, 0.25) is 5.91 Å². The van der Waals surface area contributed by atoms with Crippen LogP contribution in [-0.2, 0) is 4.79 Å². The standard InChI is InChI=1S/C10H13NOS/c1-8-2-4-9(5-3-8)11-10(12)6-7-13/h2-5,13H,6-7H2,1H3,(H,11,12). The van der Waals surface area contributed by atoms with Gasteiger partial charge in [0, 0.05) is 12.1 Å². The van der Waals surface area contributed by atoms with Gasteiger partial charge in [-0.3, -0.25) is 4.79 Å². The van der Waals surface area contributed by atoms with Crippen LogP contribution in [0, 0.1) is 6.92 Å². The van der Waals surface area contributed by atoms with E-state index in [-0.39, 0.29) is 5.91 Å². The Balaban J connectivity index is 2.54. The number of benzene rings is 1. The van der Waals surface area contributed by atoms with E-state index >= 15 is 0 Å². The average molecular weight is 195 g/mol. The molecule has 0 aliphatic rings. The molecule has 0 unspecified atom stereocenters. The van der Waals surface area contributed by atoms with E-state index < -0.39 is 0 Å². The van der Waals surface area contributed by atoms with Gasteiger partial charge in [0.1, 0.15) is 0 Å². The summed E-state index contributed by atoms with van der Waals surface area (Å²) in [6.07, 6.45) is 0.455. The third-order valence-corrected chi connectivity index (χ3v) is 1.90. The van der Waals surface area contributed by atoms with Crippen LogP contribution in [0.1, 0.15) is 12.0 Å². The maximum Gasteiger partial charge on any atom is 0.225 e. The molecule has 0 saturated heterocycles. The van der Waals surface area contributed by atoms with E-state index in [4.69, 9.17) is 0 Å². The Bertz CT molecular complexity index is 281. The summed E-state index contributed by atoms with van der Waals surface area (Å²) in [6.45, 7) is 2.01. The van der Waals surface area contributed by atoms with Crippen molar-refractivity contribution in [2.24, 2.45) is 0 Å². The summed E-state index contributed by atoms with van der Waals surface area (Å²) >= 11 is 3.98. The Hall–Kier alpha value is -0.960. The zero-order valence-corrected chi connectivity index (χ0v) is 8.47. The summed E-state index contributed by atoms with van der Waals surface area (Å²) in [5.74, 6) is 0.594. The molecule has 0 heterocycles. The molecule has 1 aromatic rings. The molecular weight excluding hydrogens is 182 g/mol. The molecule has 0 aromatic heterocycles. The van der Waals surface area contributed by atoms with E-state index in [0.29, 0.717) is 12.2 Å². The highest BCUT2D eigenvalue weighted by molar-refractivity contribution is 7.80. The van der Waals surface area contributed by atoms with Gasteiger partial charge in [-0.25, -0.2) is 0 Å². The van der Waals surface area contributed by atoms with Gasteiger partial charge in [0.15, 0.2) is 0 Å². The van der Waals surface area contributed by atoms with Gasteiger partial charge in [0.25, 0.3) is 0 Å². The molecule has 3 heteroatoms. The molecule has 0 aliphatic carbocycles. The Morgan fingerprint density at radius 2 is 2.00 bits per heavy atom. The fourth-order valence-electron chi connectivity index (χ4n) is 0.962. The minimum atomic E-state index is 0.0128. The van der Waals surface area contributed by atoms with Gasteiger partial charge < -0.3 is 5.32 Å². The second-order valence-corrected chi connectivity index (χ2v) is 3.34. The van der Waals surface area contributed by atoms with E-state index in [9.17, 15) is 4.79 Å². The third-order valence-electron chi connectivity index (χ3n) is 1.67. The molecule has 1 aromatic carbocycles. The molecule has 0 atom stereocenters. The highest BCUT2D eigenvalue weighted by atomic mass is 32.1. The summed E-state index contributed by atoms with van der Waals surface area (Å²) in [6, 6.07) is 7.73. The predicted octanol–water partition coefficient (Wildman–Crippen LogP) is 2.25. The van der Waals surface area contributed by atoms with Crippen molar-refractivity contribution in [3.8, 4) is 0 Å². The Labute approximate surface area is 83.8 Å². The third kappa shape index (κ3) is 3.51. The number of hydrogen-bond donors (Lipinski definition) is 2. The van der Waals surface area contributed by atoms with Crippen molar-refractivity contribution in [1.82, 2.24) is 0 Å². The number of nitrogens with one attached hydrogen (secondary N) is 1. The zero-order valence-electron chi connectivity index (χ0n) is 7.58. The SMILES string of the molecule is Cc1ccc(NC(=O)CCS)cc1. The van der Waals surface area contributed by atoms with Crippen molar-refractivity contribution in [1.29, 1.82) is 0 Å². The van der Waals surface area contributed by atoms with Gasteiger partial charge >= 0.3 is 0 Å². The summed E-state index contributed by atoms with van der Waals surface area (Å²) in [7, 11) is 0. The fourth-order valence-corrected chi connectivity index (χ4v) is 1.17. The molecule has 0 saturated carbocycles. The first-order valence-electron chi connectivity index (χ1n) is 4.20. The lowest BCUT2D eigenvalue weighted by molar-refractivity contribution is -0.115. The highest BCUT2D eigenvalue weighted by Crippen LogP contribution is 2.08. The molecule has 1 N–H and O–H groups in total. The minimum Gasteiger partial charge on any atom is -0.326 e. The first-order valence-corrected chi connectivity index (χ1v) is 4.83. The largest absolute Gasteiger partial charge is 0.326 e. The number of anilines is 1. The smallest absolute Gasteiger partial charge is 0.225 e. The van der Waals surface area contributed by atoms with Gasteiger partial charge in [-0.05, 0) is 24.8 Å². The Kier molecular flexibility index (Phi) is 3.83. The van der Waals surface area contributed by atoms with Gasteiger partial charge in [-0.1, -0.05) is 17.7 Å². The number of aryl methyl sites for hydroxylation is 1. The van der Waals surface area contributed by atoms with Crippen molar-refractivity contribution in [2.75, 3.05) is 11.1 Å². The fraction of sp³-hybridized carbons (Fsp3) is 0.300. The number of amides is 1. The highest BCUT2D eigenvalue weighted by Gasteiger charge is 1.99. The lowest BCUT2D eigenvalue weighted by atomic mass is 10.2. The van der Waals surface area contributed by atoms with Crippen molar-refractivity contribution >= 4 is 24.2 Å². The van der Waals surface area contributed by atoms with Crippen molar-refractivity contribution in [3.05, 3.63) is 29.8 Å². The van der Waals surface area contributed by atoms with Crippen LogP contribution in [0.4, 0.5) is 5.69 Å². The monoisotopic (exact) mass is 195 g/mol. The van der Waals surface area contributed by atoms with Crippen LogP contribution in [0.2, 0.25) is 0 Å². The van der Waals surface area contributed by atoms with Crippen LogP contribution in [0.3, 0.4) is 0 Å². The molecule has 0 radical (unpaired) electrons. The number of rotatable bonds is 3. The normalized spacial score (nSPS) is 9.69. The Morgan fingerprint density at radius 1 is 1.38 bits per heavy atom. The van der Waals surface area contributed by atoms with Gasteiger partial charge in [0.05, 0.1) is 0 Å². The molecule has 1 amide bonds. The molecule has 0 bridgehead atoms. The van der Waals surface area contributed by atoms with Gasteiger partial charge in [-0.2, -0.15) is 12.6 Å².